The van der Waals surface area contributed by atoms with Crippen molar-refractivity contribution in [3.8, 4) is 5.69 Å². The summed E-state index contributed by atoms with van der Waals surface area (Å²) < 4.78 is 15.2. The fourth-order valence-electron chi connectivity index (χ4n) is 2.49. The molecule has 0 aliphatic carbocycles. The summed E-state index contributed by atoms with van der Waals surface area (Å²) in [6.07, 6.45) is 0.203. The van der Waals surface area contributed by atoms with Crippen LogP contribution in [0.25, 0.3) is 5.69 Å². The minimum Gasteiger partial charge on any atom is -0.480 e. The summed E-state index contributed by atoms with van der Waals surface area (Å²) in [4.78, 5) is 35.8. The summed E-state index contributed by atoms with van der Waals surface area (Å²) in [5, 5.41) is 15.5. The van der Waals surface area contributed by atoms with Gasteiger partial charge in [0.1, 0.15) is 17.5 Å². The first-order valence-corrected chi connectivity index (χ1v) is 8.10. The van der Waals surface area contributed by atoms with Gasteiger partial charge in [0.25, 0.3) is 5.91 Å². The molecule has 2 N–H and O–H groups in total. The number of rotatable bonds is 6. The highest BCUT2D eigenvalue weighted by Gasteiger charge is 2.24. The molecule has 8 heteroatoms. The largest absolute Gasteiger partial charge is 0.480 e. The molecule has 0 saturated carbocycles. The van der Waals surface area contributed by atoms with Gasteiger partial charge in [-0.3, -0.25) is 9.59 Å². The molecule has 0 spiro atoms. The molecule has 1 aromatic carbocycles. The van der Waals surface area contributed by atoms with Crippen LogP contribution in [-0.2, 0) is 4.79 Å². The highest BCUT2D eigenvalue weighted by Crippen LogP contribution is 2.13. The van der Waals surface area contributed by atoms with Crippen molar-refractivity contribution in [3.05, 3.63) is 57.8 Å². The number of amides is 1. The SMILES string of the molecule is Cc1cc(=O)c(C(=O)N[C@@H](CC(C)C)C(=O)O)nn1-c1ccccc1F. The van der Waals surface area contributed by atoms with E-state index in [2.05, 4.69) is 10.4 Å². The molecule has 0 fully saturated rings. The van der Waals surface area contributed by atoms with Crippen molar-refractivity contribution >= 4 is 11.9 Å². The second-order valence-electron chi connectivity index (χ2n) is 6.36. The third kappa shape index (κ3) is 4.33. The van der Waals surface area contributed by atoms with E-state index in [0.29, 0.717) is 5.69 Å². The molecule has 0 aliphatic heterocycles. The molecule has 138 valence electrons. The Morgan fingerprint density at radius 2 is 1.96 bits per heavy atom. The van der Waals surface area contributed by atoms with E-state index < -0.39 is 34.9 Å². The summed E-state index contributed by atoms with van der Waals surface area (Å²) in [6.45, 7) is 5.19. The Morgan fingerprint density at radius 1 is 1.31 bits per heavy atom. The fourth-order valence-corrected chi connectivity index (χ4v) is 2.49. The molecule has 1 aromatic heterocycles. The van der Waals surface area contributed by atoms with Crippen LogP contribution in [-0.4, -0.2) is 32.8 Å². The van der Waals surface area contributed by atoms with Gasteiger partial charge in [0.05, 0.1) is 0 Å². The van der Waals surface area contributed by atoms with E-state index in [4.69, 9.17) is 0 Å². The van der Waals surface area contributed by atoms with Crippen molar-refractivity contribution in [2.24, 2.45) is 5.92 Å². The molecule has 2 rings (SSSR count). The molecule has 0 radical (unpaired) electrons. The minimum atomic E-state index is -1.20. The van der Waals surface area contributed by atoms with E-state index in [1.54, 1.807) is 13.0 Å². The fraction of sp³-hybridized carbons (Fsp3) is 0.333. The Hall–Kier alpha value is -3.03. The molecule has 0 bridgehead atoms. The van der Waals surface area contributed by atoms with E-state index >= 15 is 0 Å². The number of hydrogen-bond donors (Lipinski definition) is 2. The lowest BCUT2D eigenvalue weighted by Gasteiger charge is -2.17. The third-order valence-electron chi connectivity index (χ3n) is 3.71. The molecule has 1 amide bonds. The number of carbonyl (C=O) groups excluding carboxylic acids is 1. The van der Waals surface area contributed by atoms with Gasteiger partial charge < -0.3 is 10.4 Å². The van der Waals surface area contributed by atoms with Crippen molar-refractivity contribution in [2.45, 2.75) is 33.2 Å². The number of carboxylic acid groups (broad SMARTS) is 1. The number of aliphatic carboxylic acids is 1. The van der Waals surface area contributed by atoms with Crippen LogP contribution in [0.2, 0.25) is 0 Å². The summed E-state index contributed by atoms with van der Waals surface area (Å²) in [6, 6.07) is 5.81. The molecule has 0 unspecified atom stereocenters. The molecule has 1 atom stereocenters. The lowest BCUT2D eigenvalue weighted by atomic mass is 10.0. The van der Waals surface area contributed by atoms with Crippen LogP contribution >= 0.6 is 0 Å². The van der Waals surface area contributed by atoms with Crippen molar-refractivity contribution in [1.82, 2.24) is 15.1 Å². The van der Waals surface area contributed by atoms with Crippen molar-refractivity contribution in [3.63, 3.8) is 0 Å². The highest BCUT2D eigenvalue weighted by molar-refractivity contribution is 5.94. The topological polar surface area (TPSA) is 101 Å². The van der Waals surface area contributed by atoms with Crippen LogP contribution in [0.15, 0.2) is 35.1 Å². The second-order valence-corrected chi connectivity index (χ2v) is 6.36. The van der Waals surface area contributed by atoms with Gasteiger partial charge in [-0.25, -0.2) is 13.9 Å². The van der Waals surface area contributed by atoms with Crippen LogP contribution in [0.1, 0.15) is 36.5 Å². The van der Waals surface area contributed by atoms with Gasteiger partial charge in [-0.2, -0.15) is 5.10 Å². The lowest BCUT2D eigenvalue weighted by Crippen LogP contribution is -2.43. The van der Waals surface area contributed by atoms with Crippen LogP contribution in [0.3, 0.4) is 0 Å². The van der Waals surface area contributed by atoms with E-state index in [-0.39, 0.29) is 18.0 Å². The zero-order valence-corrected chi connectivity index (χ0v) is 14.7. The van der Waals surface area contributed by atoms with Gasteiger partial charge in [-0.05, 0) is 31.4 Å². The Kier molecular flexibility index (Phi) is 5.86. The zero-order chi connectivity index (χ0) is 19.4. The first-order valence-electron chi connectivity index (χ1n) is 8.10. The number of nitrogens with zero attached hydrogens (tertiary/aromatic N) is 2. The number of nitrogens with one attached hydrogen (secondary N) is 1. The average Bonchev–Trinajstić information content (AvgIpc) is 2.54. The highest BCUT2D eigenvalue weighted by atomic mass is 19.1. The second kappa shape index (κ2) is 7.90. The maximum absolute atomic E-state index is 14.0. The predicted molar refractivity (Wildman–Crippen MR) is 92.9 cm³/mol. The molecule has 0 saturated heterocycles. The van der Waals surface area contributed by atoms with Crippen LogP contribution in [0.5, 0.6) is 0 Å². The molecular formula is C18H20FN3O4. The normalized spacial score (nSPS) is 12.0. The maximum Gasteiger partial charge on any atom is 0.326 e. The molecule has 7 nitrogen and oxygen atoms in total. The van der Waals surface area contributed by atoms with Gasteiger partial charge >= 0.3 is 5.97 Å². The van der Waals surface area contributed by atoms with Gasteiger partial charge in [0.2, 0.25) is 5.43 Å². The first-order chi connectivity index (χ1) is 12.2. The molecular weight excluding hydrogens is 341 g/mol. The summed E-state index contributed by atoms with van der Waals surface area (Å²) >= 11 is 0. The van der Waals surface area contributed by atoms with E-state index in [1.807, 2.05) is 13.8 Å². The molecule has 0 aliphatic rings. The van der Waals surface area contributed by atoms with Crippen molar-refractivity contribution < 1.29 is 19.1 Å². The number of aromatic nitrogens is 2. The minimum absolute atomic E-state index is 0.0254. The number of carbonyl (C=O) groups is 2. The number of carboxylic acids is 1. The van der Waals surface area contributed by atoms with Gasteiger partial charge in [0.15, 0.2) is 5.69 Å². The first kappa shape index (κ1) is 19.3. The smallest absolute Gasteiger partial charge is 0.326 e. The van der Waals surface area contributed by atoms with E-state index in [1.165, 1.54) is 18.2 Å². The van der Waals surface area contributed by atoms with Crippen LogP contribution in [0, 0.1) is 18.7 Å². The lowest BCUT2D eigenvalue weighted by molar-refractivity contribution is -0.139. The van der Waals surface area contributed by atoms with Gasteiger partial charge in [0, 0.05) is 11.8 Å². The standard InChI is InChI=1S/C18H20FN3O4/c1-10(2)8-13(18(25)26)20-17(24)16-15(23)9-11(3)22(21-16)14-7-5-4-6-12(14)19/h4-7,9-10,13H,8H2,1-3H3,(H,20,24)(H,25,26)/t13-/m0/s1. The van der Waals surface area contributed by atoms with Gasteiger partial charge in [-0.15, -0.1) is 0 Å². The number of hydrogen-bond acceptors (Lipinski definition) is 4. The predicted octanol–water partition coefficient (Wildman–Crippen LogP) is 1.91. The Balaban J connectivity index is 2.42. The number of aryl methyl sites for hydroxylation is 1. The monoisotopic (exact) mass is 361 g/mol. The van der Waals surface area contributed by atoms with E-state index in [9.17, 15) is 23.9 Å². The zero-order valence-electron chi connectivity index (χ0n) is 14.7. The molecule has 26 heavy (non-hydrogen) atoms. The Morgan fingerprint density at radius 3 is 2.54 bits per heavy atom. The van der Waals surface area contributed by atoms with Crippen molar-refractivity contribution in [2.75, 3.05) is 0 Å². The maximum atomic E-state index is 14.0. The van der Waals surface area contributed by atoms with E-state index in [0.717, 1.165) is 10.7 Å². The number of benzene rings is 1. The summed E-state index contributed by atoms with van der Waals surface area (Å²) in [5.74, 6) is -2.65. The van der Waals surface area contributed by atoms with Gasteiger partial charge in [-0.1, -0.05) is 26.0 Å². The molecule has 2 aromatic rings. The quantitative estimate of drug-likeness (QED) is 0.818. The summed E-state index contributed by atoms with van der Waals surface area (Å²) in [5.41, 5.74) is -0.736. The molecule has 1 heterocycles. The van der Waals surface area contributed by atoms with Crippen LogP contribution < -0.4 is 10.7 Å². The third-order valence-corrected chi connectivity index (χ3v) is 3.71. The Bertz CT molecular complexity index is 892. The number of halogens is 1. The Labute approximate surface area is 149 Å². The summed E-state index contributed by atoms with van der Waals surface area (Å²) in [7, 11) is 0. The van der Waals surface area contributed by atoms with Crippen molar-refractivity contribution in [1.29, 1.82) is 0 Å². The average molecular weight is 361 g/mol. The van der Waals surface area contributed by atoms with Crippen LogP contribution in [0.4, 0.5) is 4.39 Å². The number of para-hydroxylation sites is 1.